The van der Waals surface area contributed by atoms with E-state index in [0.717, 1.165) is 13.8 Å². The van der Waals surface area contributed by atoms with Crippen LogP contribution in [0.2, 0.25) is 0 Å². The minimum Gasteiger partial charge on any atom is -0.481 e. The molecule has 10 heavy (non-hydrogen) atoms. The van der Waals surface area contributed by atoms with E-state index in [1.165, 1.54) is 0 Å². The third-order valence-corrected chi connectivity index (χ3v) is 0. The smallest absolute Gasteiger partial charge is 0.300 e. The summed E-state index contributed by atoms with van der Waals surface area (Å²) >= 11 is 0. The van der Waals surface area contributed by atoms with E-state index in [4.69, 9.17) is 19.8 Å². The second-order valence-corrected chi connectivity index (χ2v) is 1.04. The van der Waals surface area contributed by atoms with Crippen molar-refractivity contribution in [3.63, 3.8) is 0 Å². The van der Waals surface area contributed by atoms with Crippen molar-refractivity contribution >= 4 is 11.9 Å². The summed E-state index contributed by atoms with van der Waals surface area (Å²) in [7, 11) is 0. The molecule has 5 nitrogen and oxygen atoms in total. The predicted molar refractivity (Wildman–Crippen MR) is 30.2 cm³/mol. The summed E-state index contributed by atoms with van der Waals surface area (Å²) in [6.07, 6.45) is 0. The zero-order valence-electron chi connectivity index (χ0n) is 5.62. The fraction of sp³-hybridized carbons (Fsp3) is 0.500. The van der Waals surface area contributed by atoms with Crippen molar-refractivity contribution in [2.75, 3.05) is 0 Å². The molecule has 0 aliphatic carbocycles. The van der Waals surface area contributed by atoms with Gasteiger partial charge in [-0.1, -0.05) is 0 Å². The maximum absolute atomic E-state index is 9.00. The topological polar surface area (TPSA) is 106 Å². The Bertz CT molecular complexity index is 71.6. The Labute approximate surface area is 69.1 Å². The minimum atomic E-state index is -0.833. The average Bonchev–Trinajstić information content (AvgIpc) is 1.25. The summed E-state index contributed by atoms with van der Waals surface area (Å²) in [5.41, 5.74) is 0. The molecule has 0 aromatic carbocycles. The van der Waals surface area contributed by atoms with Crippen LogP contribution in [-0.4, -0.2) is 27.6 Å². The zero-order chi connectivity index (χ0) is 7.15. The van der Waals surface area contributed by atoms with E-state index in [1.54, 1.807) is 0 Å². The van der Waals surface area contributed by atoms with Crippen LogP contribution in [0.15, 0.2) is 0 Å². The number of carbonyl (C=O) groups is 2. The van der Waals surface area contributed by atoms with Gasteiger partial charge in [0.25, 0.3) is 11.9 Å². The number of hydrogen-bond acceptors (Lipinski definition) is 2. The van der Waals surface area contributed by atoms with Gasteiger partial charge in [-0.15, -0.1) is 0 Å². The fourth-order valence-corrected chi connectivity index (χ4v) is 0. The fourth-order valence-electron chi connectivity index (χ4n) is 0. The van der Waals surface area contributed by atoms with Gasteiger partial charge >= 0.3 is 0 Å². The summed E-state index contributed by atoms with van der Waals surface area (Å²) < 4.78 is 0. The molecule has 0 aliphatic rings. The number of aliphatic carboxylic acids is 2. The second kappa shape index (κ2) is 15.8. The van der Waals surface area contributed by atoms with Crippen LogP contribution in [0.4, 0.5) is 0 Å². The van der Waals surface area contributed by atoms with Crippen molar-refractivity contribution in [3.05, 3.63) is 0 Å². The van der Waals surface area contributed by atoms with E-state index < -0.39 is 11.9 Å². The normalized spacial score (nSPS) is 5.00. The number of carboxylic acid groups (broad SMARTS) is 2. The van der Waals surface area contributed by atoms with Gasteiger partial charge in [-0.05, 0) is 0 Å². The average molecular weight is 190 g/mol. The van der Waals surface area contributed by atoms with E-state index in [2.05, 4.69) is 0 Å². The Balaban J connectivity index is -0.0000000300. The molecular formula is C4H10CrO5. The van der Waals surface area contributed by atoms with Crippen LogP contribution in [0.3, 0.4) is 0 Å². The predicted octanol–water partition coefficient (Wildman–Crippen LogP) is -0.645. The third kappa shape index (κ3) is 955. The van der Waals surface area contributed by atoms with Crippen LogP contribution in [0.5, 0.6) is 0 Å². The molecule has 0 amide bonds. The first-order chi connectivity index (χ1) is 3.46. The van der Waals surface area contributed by atoms with Gasteiger partial charge in [-0.3, -0.25) is 9.59 Å². The standard InChI is InChI=1S/2C2H4O2.Cr.H2O/c2*1-2(3)4;;/h2*1H3,(H,3,4);;1H2. The molecule has 0 radical (unpaired) electrons. The molecule has 0 aromatic heterocycles. The van der Waals surface area contributed by atoms with Gasteiger partial charge in [0.2, 0.25) is 0 Å². The van der Waals surface area contributed by atoms with Crippen molar-refractivity contribution in [2.24, 2.45) is 0 Å². The first kappa shape index (κ1) is 22.7. The maximum Gasteiger partial charge on any atom is 0.300 e. The van der Waals surface area contributed by atoms with Gasteiger partial charge in [-0.25, -0.2) is 0 Å². The van der Waals surface area contributed by atoms with Gasteiger partial charge in [0.1, 0.15) is 0 Å². The van der Waals surface area contributed by atoms with Crippen molar-refractivity contribution in [1.29, 1.82) is 0 Å². The van der Waals surface area contributed by atoms with Crippen molar-refractivity contribution in [1.82, 2.24) is 0 Å². The number of hydrogen-bond donors (Lipinski definition) is 2. The molecule has 0 atom stereocenters. The first-order valence-electron chi connectivity index (χ1n) is 1.86. The molecule has 0 fully saturated rings. The van der Waals surface area contributed by atoms with Crippen LogP contribution in [0.1, 0.15) is 13.8 Å². The van der Waals surface area contributed by atoms with Gasteiger partial charge in [0, 0.05) is 31.2 Å². The summed E-state index contributed by atoms with van der Waals surface area (Å²) in [5.74, 6) is -1.67. The van der Waals surface area contributed by atoms with Crippen molar-refractivity contribution < 1.29 is 42.6 Å². The van der Waals surface area contributed by atoms with E-state index in [1.807, 2.05) is 0 Å². The molecule has 62 valence electrons. The molecule has 0 unspecified atom stereocenters. The molecule has 0 aliphatic heterocycles. The van der Waals surface area contributed by atoms with E-state index >= 15 is 0 Å². The molecule has 0 aromatic rings. The van der Waals surface area contributed by atoms with Gasteiger partial charge in [-0.2, -0.15) is 0 Å². The first-order valence-corrected chi connectivity index (χ1v) is 1.86. The Hall–Kier alpha value is -0.568. The summed E-state index contributed by atoms with van der Waals surface area (Å²) in [6.45, 7) is 2.17. The largest absolute Gasteiger partial charge is 0.481 e. The molecule has 4 N–H and O–H groups in total. The van der Waals surface area contributed by atoms with Gasteiger partial charge in [0.05, 0.1) is 0 Å². The number of rotatable bonds is 0. The van der Waals surface area contributed by atoms with Crippen LogP contribution >= 0.6 is 0 Å². The Morgan fingerprint density at radius 2 is 1.00 bits per heavy atom. The molecule has 6 heteroatoms. The van der Waals surface area contributed by atoms with Crippen LogP contribution in [-0.2, 0) is 27.0 Å². The quantitative estimate of drug-likeness (QED) is 0.529. The van der Waals surface area contributed by atoms with Gasteiger partial charge < -0.3 is 15.7 Å². The molecule has 0 rings (SSSR count). The minimum absolute atomic E-state index is 0. The van der Waals surface area contributed by atoms with E-state index in [9.17, 15) is 0 Å². The van der Waals surface area contributed by atoms with Crippen LogP contribution in [0, 0.1) is 0 Å². The van der Waals surface area contributed by atoms with Crippen LogP contribution in [0.25, 0.3) is 0 Å². The van der Waals surface area contributed by atoms with Crippen molar-refractivity contribution in [2.45, 2.75) is 13.8 Å². The van der Waals surface area contributed by atoms with Gasteiger partial charge in [0.15, 0.2) is 0 Å². The maximum atomic E-state index is 9.00. The second-order valence-electron chi connectivity index (χ2n) is 1.04. The van der Waals surface area contributed by atoms with Crippen LogP contribution < -0.4 is 0 Å². The Kier molecular flexibility index (Phi) is 35.9. The Morgan fingerprint density at radius 3 is 1.00 bits per heavy atom. The zero-order valence-corrected chi connectivity index (χ0v) is 6.89. The number of carboxylic acids is 2. The molecule has 0 saturated carbocycles. The van der Waals surface area contributed by atoms with E-state index in [-0.39, 0.29) is 22.8 Å². The summed E-state index contributed by atoms with van der Waals surface area (Å²) in [6, 6.07) is 0. The monoisotopic (exact) mass is 190 g/mol. The molecule has 0 bridgehead atoms. The summed E-state index contributed by atoms with van der Waals surface area (Å²) in [4.78, 5) is 18.0. The molecule has 0 saturated heterocycles. The molecular weight excluding hydrogens is 180 g/mol. The van der Waals surface area contributed by atoms with Crippen molar-refractivity contribution in [3.8, 4) is 0 Å². The Morgan fingerprint density at radius 1 is 1.00 bits per heavy atom. The SMILES string of the molecule is CC(=O)O.CC(=O)O.O.[Cr]. The summed E-state index contributed by atoms with van der Waals surface area (Å²) in [5, 5.41) is 14.8. The molecule has 0 spiro atoms. The van der Waals surface area contributed by atoms with E-state index in [0.29, 0.717) is 0 Å². The molecule has 0 heterocycles. The third-order valence-electron chi connectivity index (χ3n) is 0.